The van der Waals surface area contributed by atoms with Crippen LogP contribution in [-0.4, -0.2) is 28.1 Å². The monoisotopic (exact) mass is 227 g/mol. The van der Waals surface area contributed by atoms with Crippen LogP contribution in [0.5, 0.6) is 0 Å². The van der Waals surface area contributed by atoms with Gasteiger partial charge in [-0.3, -0.25) is 4.68 Å². The van der Waals surface area contributed by atoms with Crippen LogP contribution in [0.15, 0.2) is 17.3 Å². The maximum atomic E-state index is 4.14. The van der Waals surface area contributed by atoms with Gasteiger partial charge in [-0.25, -0.2) is 0 Å². The first-order valence-corrected chi connectivity index (χ1v) is 6.55. The molecule has 1 atom stereocenters. The Kier molecular flexibility index (Phi) is 5.79. The van der Waals surface area contributed by atoms with Crippen molar-refractivity contribution >= 4 is 11.8 Å². The zero-order valence-electron chi connectivity index (χ0n) is 9.86. The van der Waals surface area contributed by atoms with E-state index in [4.69, 9.17) is 0 Å². The second-order valence-corrected chi connectivity index (χ2v) is 5.01. The summed E-state index contributed by atoms with van der Waals surface area (Å²) in [7, 11) is 1.95. The van der Waals surface area contributed by atoms with Gasteiger partial charge >= 0.3 is 0 Å². The van der Waals surface area contributed by atoms with Gasteiger partial charge in [-0.1, -0.05) is 6.92 Å². The predicted octanol–water partition coefficient (Wildman–Crippen LogP) is 2.29. The lowest BCUT2D eigenvalue weighted by Crippen LogP contribution is -2.27. The Morgan fingerprint density at radius 3 is 3.00 bits per heavy atom. The van der Waals surface area contributed by atoms with Gasteiger partial charge in [0.1, 0.15) is 0 Å². The number of thioether (sulfide) groups is 1. The van der Waals surface area contributed by atoms with Crippen LogP contribution < -0.4 is 5.32 Å². The van der Waals surface area contributed by atoms with E-state index >= 15 is 0 Å². The van der Waals surface area contributed by atoms with E-state index in [1.165, 1.54) is 17.7 Å². The summed E-state index contributed by atoms with van der Waals surface area (Å²) in [6.07, 6.45) is 6.41. The highest BCUT2D eigenvalue weighted by Crippen LogP contribution is 2.17. The summed E-state index contributed by atoms with van der Waals surface area (Å²) in [6.45, 7) is 5.57. The number of nitrogens with one attached hydrogen (secondary N) is 1. The lowest BCUT2D eigenvalue weighted by atomic mass is 10.2. The summed E-state index contributed by atoms with van der Waals surface area (Å²) < 4.78 is 1.85. The Morgan fingerprint density at radius 1 is 1.60 bits per heavy atom. The molecule has 1 unspecified atom stereocenters. The lowest BCUT2D eigenvalue weighted by Gasteiger charge is -2.11. The normalized spacial score (nSPS) is 13.0. The molecule has 0 aliphatic rings. The van der Waals surface area contributed by atoms with Gasteiger partial charge in [0.15, 0.2) is 0 Å². The summed E-state index contributed by atoms with van der Waals surface area (Å²) in [6, 6.07) is 0.620. The van der Waals surface area contributed by atoms with Crippen molar-refractivity contribution < 1.29 is 0 Å². The van der Waals surface area contributed by atoms with E-state index in [1.807, 2.05) is 29.7 Å². The SMILES string of the molecule is CCCNC(C)CCSc1cnn(C)c1. The first-order chi connectivity index (χ1) is 7.22. The van der Waals surface area contributed by atoms with Crippen molar-refractivity contribution in [2.45, 2.75) is 37.6 Å². The molecule has 1 heterocycles. The highest BCUT2D eigenvalue weighted by molar-refractivity contribution is 7.99. The maximum absolute atomic E-state index is 4.14. The third-order valence-corrected chi connectivity index (χ3v) is 3.23. The fraction of sp³-hybridized carbons (Fsp3) is 0.727. The standard InChI is InChI=1S/C11H21N3S/c1-4-6-12-10(2)5-7-15-11-8-13-14(3)9-11/h8-10,12H,4-7H2,1-3H3. The molecule has 1 aromatic heterocycles. The van der Waals surface area contributed by atoms with Crippen LogP contribution in [0.4, 0.5) is 0 Å². The molecule has 0 spiro atoms. The molecule has 0 fully saturated rings. The highest BCUT2D eigenvalue weighted by atomic mass is 32.2. The molecule has 0 saturated carbocycles. The molecule has 86 valence electrons. The van der Waals surface area contributed by atoms with Crippen LogP contribution in [0.2, 0.25) is 0 Å². The van der Waals surface area contributed by atoms with Gasteiger partial charge in [0.25, 0.3) is 0 Å². The molecule has 1 N–H and O–H groups in total. The number of aryl methyl sites for hydroxylation is 1. The first-order valence-electron chi connectivity index (χ1n) is 5.57. The van der Waals surface area contributed by atoms with Gasteiger partial charge in [-0.05, 0) is 32.1 Å². The van der Waals surface area contributed by atoms with Gasteiger partial charge in [0.05, 0.1) is 6.20 Å². The topological polar surface area (TPSA) is 29.9 Å². The van der Waals surface area contributed by atoms with Crippen LogP contribution in [0, 0.1) is 0 Å². The van der Waals surface area contributed by atoms with Gasteiger partial charge in [-0.2, -0.15) is 5.10 Å². The fourth-order valence-electron chi connectivity index (χ4n) is 1.32. The van der Waals surface area contributed by atoms with Crippen molar-refractivity contribution in [3.05, 3.63) is 12.4 Å². The van der Waals surface area contributed by atoms with Crippen molar-refractivity contribution in [2.75, 3.05) is 12.3 Å². The molecule has 0 aliphatic heterocycles. The third-order valence-electron chi connectivity index (χ3n) is 2.24. The number of hydrogen-bond acceptors (Lipinski definition) is 3. The van der Waals surface area contributed by atoms with E-state index in [-0.39, 0.29) is 0 Å². The summed E-state index contributed by atoms with van der Waals surface area (Å²) in [5.74, 6) is 1.16. The van der Waals surface area contributed by atoms with Gasteiger partial charge in [-0.15, -0.1) is 11.8 Å². The summed E-state index contributed by atoms with van der Waals surface area (Å²) in [5.41, 5.74) is 0. The molecule has 0 amide bonds. The van der Waals surface area contributed by atoms with Crippen LogP contribution in [-0.2, 0) is 7.05 Å². The molecule has 0 aliphatic carbocycles. The summed E-state index contributed by atoms with van der Waals surface area (Å²) in [4.78, 5) is 1.26. The Balaban J connectivity index is 2.10. The van der Waals surface area contributed by atoms with Crippen LogP contribution in [0.25, 0.3) is 0 Å². The number of nitrogens with zero attached hydrogens (tertiary/aromatic N) is 2. The summed E-state index contributed by atoms with van der Waals surface area (Å²) >= 11 is 1.88. The van der Waals surface area contributed by atoms with Gasteiger partial charge in [0, 0.05) is 24.2 Å². The Bertz CT molecular complexity index is 273. The smallest absolute Gasteiger partial charge is 0.0625 e. The molecule has 1 rings (SSSR count). The minimum atomic E-state index is 0.620. The van der Waals surface area contributed by atoms with E-state index in [0.29, 0.717) is 6.04 Å². The van der Waals surface area contributed by atoms with Crippen LogP contribution >= 0.6 is 11.8 Å². The second-order valence-electron chi connectivity index (χ2n) is 3.84. The zero-order valence-corrected chi connectivity index (χ0v) is 10.7. The van der Waals surface area contributed by atoms with Crippen molar-refractivity contribution in [3.63, 3.8) is 0 Å². The lowest BCUT2D eigenvalue weighted by molar-refractivity contribution is 0.536. The van der Waals surface area contributed by atoms with Crippen molar-refractivity contribution in [1.82, 2.24) is 15.1 Å². The van der Waals surface area contributed by atoms with Gasteiger partial charge < -0.3 is 5.32 Å². The van der Waals surface area contributed by atoms with E-state index in [2.05, 4.69) is 30.5 Å². The second kappa shape index (κ2) is 6.90. The molecule has 15 heavy (non-hydrogen) atoms. The Labute approximate surface area is 96.6 Å². The molecular weight excluding hydrogens is 206 g/mol. The van der Waals surface area contributed by atoms with Crippen molar-refractivity contribution in [1.29, 1.82) is 0 Å². The molecular formula is C11H21N3S. The molecule has 0 bridgehead atoms. The largest absolute Gasteiger partial charge is 0.314 e. The van der Waals surface area contributed by atoms with Crippen LogP contribution in [0.1, 0.15) is 26.7 Å². The van der Waals surface area contributed by atoms with Crippen LogP contribution in [0.3, 0.4) is 0 Å². The molecule has 4 heteroatoms. The number of rotatable bonds is 7. The minimum Gasteiger partial charge on any atom is -0.314 e. The quantitative estimate of drug-likeness (QED) is 0.725. The Hall–Kier alpha value is -0.480. The van der Waals surface area contributed by atoms with E-state index in [9.17, 15) is 0 Å². The highest BCUT2D eigenvalue weighted by Gasteiger charge is 2.01. The Morgan fingerprint density at radius 2 is 2.40 bits per heavy atom. The summed E-state index contributed by atoms with van der Waals surface area (Å²) in [5, 5.41) is 7.63. The molecule has 0 saturated heterocycles. The van der Waals surface area contributed by atoms with E-state index in [1.54, 1.807) is 0 Å². The fourth-order valence-corrected chi connectivity index (χ4v) is 2.38. The number of hydrogen-bond donors (Lipinski definition) is 1. The maximum Gasteiger partial charge on any atom is 0.0625 e. The zero-order chi connectivity index (χ0) is 11.1. The predicted molar refractivity (Wildman–Crippen MR) is 66.3 cm³/mol. The van der Waals surface area contributed by atoms with Crippen molar-refractivity contribution in [2.24, 2.45) is 7.05 Å². The average molecular weight is 227 g/mol. The molecule has 3 nitrogen and oxygen atoms in total. The third kappa shape index (κ3) is 5.23. The van der Waals surface area contributed by atoms with Gasteiger partial charge in [0.2, 0.25) is 0 Å². The first kappa shape index (κ1) is 12.6. The van der Waals surface area contributed by atoms with E-state index in [0.717, 1.165) is 12.3 Å². The molecule has 0 aromatic carbocycles. The van der Waals surface area contributed by atoms with Crippen molar-refractivity contribution in [3.8, 4) is 0 Å². The average Bonchev–Trinajstić information content (AvgIpc) is 2.61. The van der Waals surface area contributed by atoms with E-state index < -0.39 is 0 Å². The minimum absolute atomic E-state index is 0.620. The molecule has 0 radical (unpaired) electrons. The number of aromatic nitrogens is 2. The molecule has 1 aromatic rings.